The van der Waals surface area contributed by atoms with Crippen LogP contribution in [0.25, 0.3) is 0 Å². The van der Waals surface area contributed by atoms with Crippen LogP contribution in [-0.2, 0) is 11.2 Å². The molecule has 0 spiro atoms. The van der Waals surface area contributed by atoms with Crippen LogP contribution in [0.4, 0.5) is 0 Å². The summed E-state index contributed by atoms with van der Waals surface area (Å²) in [6.07, 6.45) is 4.10. The summed E-state index contributed by atoms with van der Waals surface area (Å²) < 4.78 is 0. The molecule has 1 heterocycles. The van der Waals surface area contributed by atoms with E-state index in [0.29, 0.717) is 24.1 Å². The van der Waals surface area contributed by atoms with E-state index in [1.807, 2.05) is 6.92 Å². The van der Waals surface area contributed by atoms with Crippen molar-refractivity contribution in [3.8, 4) is 0 Å². The molecule has 0 saturated carbocycles. The number of hydrogen-bond acceptors (Lipinski definition) is 4. The number of carbonyl (C=O) groups excluding carboxylic acids is 2. The van der Waals surface area contributed by atoms with E-state index in [-0.39, 0.29) is 12.2 Å². The van der Waals surface area contributed by atoms with E-state index in [9.17, 15) is 9.59 Å². The molecule has 0 fully saturated rings. The lowest BCUT2D eigenvalue weighted by Crippen LogP contribution is -2.08. The minimum atomic E-state index is -0.264. The van der Waals surface area contributed by atoms with Crippen LogP contribution in [0, 0.1) is 0 Å². The number of carbonyl (C=O) groups is 2. The molecule has 4 nitrogen and oxygen atoms in total. The molecule has 0 aliphatic rings. The molecule has 0 saturated heterocycles. The number of aromatic nitrogens is 2. The van der Waals surface area contributed by atoms with Gasteiger partial charge in [0.1, 0.15) is 12.0 Å². The second-order valence-electron chi connectivity index (χ2n) is 2.50. The number of aldehydes is 1. The van der Waals surface area contributed by atoms with Gasteiger partial charge in [0.2, 0.25) is 0 Å². The number of aryl methyl sites for hydroxylation is 1. The van der Waals surface area contributed by atoms with E-state index in [2.05, 4.69) is 9.97 Å². The highest BCUT2D eigenvalue weighted by Gasteiger charge is 2.11. The number of hydrogen-bond donors (Lipinski definition) is 0. The van der Waals surface area contributed by atoms with Crippen molar-refractivity contribution in [2.45, 2.75) is 19.8 Å². The highest BCUT2D eigenvalue weighted by Crippen LogP contribution is 2.04. The highest BCUT2D eigenvalue weighted by atomic mass is 16.1. The summed E-state index contributed by atoms with van der Waals surface area (Å²) >= 11 is 0. The summed E-state index contributed by atoms with van der Waals surface area (Å²) in [5.74, 6) is -0.264. The Labute approximate surface area is 76.0 Å². The van der Waals surface area contributed by atoms with Crippen molar-refractivity contribution in [1.29, 1.82) is 0 Å². The van der Waals surface area contributed by atoms with Gasteiger partial charge in [-0.05, 0) is 6.42 Å². The molecule has 0 aromatic carbocycles. The molecule has 0 aliphatic carbocycles. The summed E-state index contributed by atoms with van der Waals surface area (Å²) in [6.45, 7) is 1.89. The van der Waals surface area contributed by atoms with Gasteiger partial charge in [0, 0.05) is 12.4 Å². The molecule has 0 bridgehead atoms. The van der Waals surface area contributed by atoms with Gasteiger partial charge in [-0.2, -0.15) is 0 Å². The molecule has 68 valence electrons. The Morgan fingerprint density at radius 2 is 2.15 bits per heavy atom. The minimum Gasteiger partial charge on any atom is -0.303 e. The quantitative estimate of drug-likeness (QED) is 0.389. The Morgan fingerprint density at radius 3 is 2.77 bits per heavy atom. The van der Waals surface area contributed by atoms with Gasteiger partial charge in [-0.3, -0.25) is 9.78 Å². The van der Waals surface area contributed by atoms with Crippen LogP contribution in [0.2, 0.25) is 0 Å². The predicted molar refractivity (Wildman–Crippen MR) is 46.4 cm³/mol. The Balaban J connectivity index is 2.98. The lowest BCUT2D eigenvalue weighted by Gasteiger charge is -2.00. The lowest BCUT2D eigenvalue weighted by atomic mass is 10.1. The number of nitrogens with zero attached hydrogens (tertiary/aromatic N) is 2. The third-order valence-electron chi connectivity index (χ3n) is 1.64. The van der Waals surface area contributed by atoms with E-state index in [1.165, 1.54) is 12.4 Å². The van der Waals surface area contributed by atoms with Crippen molar-refractivity contribution in [1.82, 2.24) is 9.97 Å². The highest BCUT2D eigenvalue weighted by molar-refractivity contribution is 6.01. The average Bonchev–Trinajstić information content (AvgIpc) is 2.18. The van der Waals surface area contributed by atoms with Gasteiger partial charge in [-0.25, -0.2) is 4.98 Å². The molecule has 0 aliphatic heterocycles. The van der Waals surface area contributed by atoms with Crippen molar-refractivity contribution in [3.05, 3.63) is 23.8 Å². The number of rotatable bonds is 4. The normalized spacial score (nSPS) is 9.62. The fourth-order valence-electron chi connectivity index (χ4n) is 1.03. The van der Waals surface area contributed by atoms with E-state index in [1.54, 1.807) is 0 Å². The van der Waals surface area contributed by atoms with Gasteiger partial charge in [0.25, 0.3) is 0 Å². The molecule has 4 heteroatoms. The Morgan fingerprint density at radius 1 is 1.46 bits per heavy atom. The maximum atomic E-state index is 11.3. The van der Waals surface area contributed by atoms with Crippen LogP contribution >= 0.6 is 0 Å². The topological polar surface area (TPSA) is 59.9 Å². The van der Waals surface area contributed by atoms with Gasteiger partial charge in [-0.15, -0.1) is 0 Å². The fourth-order valence-corrected chi connectivity index (χ4v) is 1.03. The maximum Gasteiger partial charge on any atom is 0.190 e. The summed E-state index contributed by atoms with van der Waals surface area (Å²) in [4.78, 5) is 29.3. The predicted octanol–water partition coefficient (Wildman–Crippen LogP) is 0.811. The van der Waals surface area contributed by atoms with Gasteiger partial charge in [0.05, 0.1) is 12.1 Å². The van der Waals surface area contributed by atoms with Crippen molar-refractivity contribution >= 4 is 12.1 Å². The molecule has 13 heavy (non-hydrogen) atoms. The van der Waals surface area contributed by atoms with E-state index < -0.39 is 0 Å². The third-order valence-corrected chi connectivity index (χ3v) is 1.64. The first-order chi connectivity index (χ1) is 6.29. The smallest absolute Gasteiger partial charge is 0.190 e. The average molecular weight is 178 g/mol. The molecule has 1 rings (SSSR count). The monoisotopic (exact) mass is 178 g/mol. The minimum absolute atomic E-state index is 0.119. The SMILES string of the molecule is CCc1nccnc1C(=O)CC=O. The molecule has 0 radical (unpaired) electrons. The summed E-state index contributed by atoms with van der Waals surface area (Å²) in [5, 5.41) is 0. The standard InChI is InChI=1S/C9H10N2O2/c1-2-7-9(8(13)3-6-12)11-5-4-10-7/h4-6H,2-3H2,1H3. The van der Waals surface area contributed by atoms with E-state index >= 15 is 0 Å². The number of Topliss-reactive ketones (excluding diaryl/α,β-unsaturated/α-hetero) is 1. The first-order valence-electron chi connectivity index (χ1n) is 4.06. The molecule has 1 aromatic heterocycles. The first-order valence-corrected chi connectivity index (χ1v) is 4.06. The zero-order valence-corrected chi connectivity index (χ0v) is 7.36. The second-order valence-corrected chi connectivity index (χ2v) is 2.50. The fraction of sp³-hybridized carbons (Fsp3) is 0.333. The molecular formula is C9H10N2O2. The van der Waals surface area contributed by atoms with Crippen LogP contribution in [0.5, 0.6) is 0 Å². The Bertz CT molecular complexity index is 323. The molecule has 0 amide bonds. The molecule has 0 unspecified atom stereocenters. The van der Waals surface area contributed by atoms with Gasteiger partial charge < -0.3 is 4.79 Å². The van der Waals surface area contributed by atoms with Crippen LogP contribution < -0.4 is 0 Å². The second kappa shape index (κ2) is 4.45. The van der Waals surface area contributed by atoms with Crippen molar-refractivity contribution in [2.75, 3.05) is 0 Å². The lowest BCUT2D eigenvalue weighted by molar-refractivity contribution is -0.107. The van der Waals surface area contributed by atoms with Crippen LogP contribution in [0.3, 0.4) is 0 Å². The Hall–Kier alpha value is -1.58. The first kappa shape index (κ1) is 9.51. The van der Waals surface area contributed by atoms with Crippen molar-refractivity contribution in [3.63, 3.8) is 0 Å². The molecule has 0 atom stereocenters. The summed E-state index contributed by atoms with van der Waals surface area (Å²) in [5.41, 5.74) is 0.964. The summed E-state index contributed by atoms with van der Waals surface area (Å²) in [7, 11) is 0. The van der Waals surface area contributed by atoms with E-state index in [4.69, 9.17) is 0 Å². The largest absolute Gasteiger partial charge is 0.303 e. The van der Waals surface area contributed by atoms with Gasteiger partial charge in [-0.1, -0.05) is 6.92 Å². The zero-order chi connectivity index (χ0) is 9.68. The summed E-state index contributed by atoms with van der Waals surface area (Å²) in [6, 6.07) is 0. The van der Waals surface area contributed by atoms with Crippen molar-refractivity contribution in [2.24, 2.45) is 0 Å². The van der Waals surface area contributed by atoms with Gasteiger partial charge in [0.15, 0.2) is 5.78 Å². The third kappa shape index (κ3) is 2.18. The van der Waals surface area contributed by atoms with Crippen LogP contribution in [0.1, 0.15) is 29.5 Å². The zero-order valence-electron chi connectivity index (χ0n) is 7.36. The Kier molecular flexibility index (Phi) is 3.25. The van der Waals surface area contributed by atoms with Crippen molar-refractivity contribution < 1.29 is 9.59 Å². The number of ketones is 1. The van der Waals surface area contributed by atoms with E-state index in [0.717, 1.165) is 0 Å². The van der Waals surface area contributed by atoms with Gasteiger partial charge >= 0.3 is 0 Å². The molecular weight excluding hydrogens is 168 g/mol. The molecule has 1 aromatic rings. The molecule has 0 N–H and O–H groups in total. The van der Waals surface area contributed by atoms with Crippen LogP contribution in [0.15, 0.2) is 12.4 Å². The van der Waals surface area contributed by atoms with Crippen LogP contribution in [-0.4, -0.2) is 22.0 Å². The maximum absolute atomic E-state index is 11.3.